The van der Waals surface area contributed by atoms with Crippen LogP contribution in [0.1, 0.15) is 30.1 Å². The molecule has 0 bridgehead atoms. The Bertz CT molecular complexity index is 869. The number of rotatable bonds is 5. The summed E-state index contributed by atoms with van der Waals surface area (Å²) in [6.07, 6.45) is 4.88. The van der Waals surface area contributed by atoms with Gasteiger partial charge in [-0.05, 0) is 44.0 Å². The number of anilines is 1. The zero-order valence-electron chi connectivity index (χ0n) is 18.0. The number of piperazine rings is 1. The van der Waals surface area contributed by atoms with E-state index in [4.69, 9.17) is 4.74 Å². The number of hydrogen-bond acceptors (Lipinski definition) is 6. The highest BCUT2D eigenvalue weighted by Gasteiger charge is 2.43. The number of aromatic nitrogens is 1. The average Bonchev–Trinajstić information content (AvgIpc) is 2.84. The lowest BCUT2D eigenvalue weighted by Gasteiger charge is -2.48. The first-order chi connectivity index (χ1) is 15.2. The van der Waals surface area contributed by atoms with Crippen molar-refractivity contribution in [1.82, 2.24) is 14.8 Å². The molecule has 1 amide bonds. The van der Waals surface area contributed by atoms with Gasteiger partial charge in [0.2, 0.25) is 0 Å². The fraction of sp³-hybridized carbons (Fsp3) is 0.458. The number of nitrogens with zero attached hydrogens (tertiary/aromatic N) is 4. The van der Waals surface area contributed by atoms with Crippen molar-refractivity contribution in [3.8, 4) is 0 Å². The van der Waals surface area contributed by atoms with E-state index in [2.05, 4.69) is 14.8 Å². The van der Waals surface area contributed by atoms with Crippen molar-refractivity contribution in [2.24, 2.45) is 5.92 Å². The molecule has 7 nitrogen and oxygen atoms in total. The van der Waals surface area contributed by atoms with Gasteiger partial charge in [0, 0.05) is 56.4 Å². The minimum atomic E-state index is -0.325. The van der Waals surface area contributed by atoms with Crippen molar-refractivity contribution < 1.29 is 14.3 Å². The molecule has 2 saturated heterocycles. The number of ether oxygens (including phenoxy) is 1. The third kappa shape index (κ3) is 4.71. The fourth-order valence-electron chi connectivity index (χ4n) is 4.69. The van der Waals surface area contributed by atoms with Gasteiger partial charge in [-0.1, -0.05) is 18.2 Å². The Morgan fingerprint density at radius 1 is 1.00 bits per heavy atom. The quantitative estimate of drug-likeness (QED) is 0.691. The highest BCUT2D eigenvalue weighted by molar-refractivity contribution is 5.94. The van der Waals surface area contributed by atoms with Gasteiger partial charge in [0.15, 0.2) is 0 Å². The Morgan fingerprint density at radius 2 is 1.71 bits per heavy atom. The summed E-state index contributed by atoms with van der Waals surface area (Å²) in [7, 11) is 0. The molecule has 0 aliphatic carbocycles. The Kier molecular flexibility index (Phi) is 6.82. The van der Waals surface area contributed by atoms with Gasteiger partial charge in [0.25, 0.3) is 5.91 Å². The standard InChI is InChI=1S/C24H30N4O3/c1-2-31-24(30)21-9-6-14-28(23(29)19-7-4-3-5-8-19)22(21)27-17-15-26(16-18-27)20-10-12-25-13-11-20/h3-5,7-8,10-13,21-22H,2,6,9,14-18H2,1H3. The lowest BCUT2D eigenvalue weighted by molar-refractivity contribution is -0.156. The number of pyridine rings is 1. The first-order valence-electron chi connectivity index (χ1n) is 11.1. The van der Waals surface area contributed by atoms with Gasteiger partial charge in [-0.15, -0.1) is 0 Å². The Balaban J connectivity index is 1.55. The molecule has 2 aliphatic heterocycles. The Morgan fingerprint density at radius 3 is 2.39 bits per heavy atom. The molecule has 3 heterocycles. The van der Waals surface area contributed by atoms with Crippen molar-refractivity contribution in [1.29, 1.82) is 0 Å². The highest BCUT2D eigenvalue weighted by Crippen LogP contribution is 2.30. The maximum absolute atomic E-state index is 13.4. The molecule has 2 atom stereocenters. The molecule has 2 aromatic rings. The van der Waals surface area contributed by atoms with E-state index in [9.17, 15) is 9.59 Å². The van der Waals surface area contributed by atoms with Crippen molar-refractivity contribution in [2.45, 2.75) is 25.9 Å². The molecule has 31 heavy (non-hydrogen) atoms. The van der Waals surface area contributed by atoms with Crippen molar-refractivity contribution in [3.05, 3.63) is 60.4 Å². The molecule has 0 saturated carbocycles. The summed E-state index contributed by atoms with van der Waals surface area (Å²) in [5, 5.41) is 0. The van der Waals surface area contributed by atoms with Crippen LogP contribution in [0.25, 0.3) is 0 Å². The first-order valence-corrected chi connectivity index (χ1v) is 11.1. The molecular formula is C24H30N4O3. The SMILES string of the molecule is CCOC(=O)C1CCCN(C(=O)c2ccccc2)C1N1CCN(c2ccncc2)CC1. The molecule has 0 N–H and O–H groups in total. The fourth-order valence-corrected chi connectivity index (χ4v) is 4.69. The molecule has 2 fully saturated rings. The molecule has 2 unspecified atom stereocenters. The minimum Gasteiger partial charge on any atom is -0.466 e. The molecular weight excluding hydrogens is 392 g/mol. The molecule has 1 aromatic carbocycles. The maximum Gasteiger partial charge on any atom is 0.312 e. The zero-order valence-corrected chi connectivity index (χ0v) is 18.0. The minimum absolute atomic E-state index is 0.0174. The number of benzene rings is 1. The van der Waals surface area contributed by atoms with Crippen LogP contribution >= 0.6 is 0 Å². The van der Waals surface area contributed by atoms with Crippen LogP contribution < -0.4 is 4.90 Å². The monoisotopic (exact) mass is 422 g/mol. The second-order valence-corrected chi connectivity index (χ2v) is 8.01. The van der Waals surface area contributed by atoms with Crippen LogP contribution in [-0.2, 0) is 9.53 Å². The van der Waals surface area contributed by atoms with Gasteiger partial charge in [0.05, 0.1) is 18.7 Å². The van der Waals surface area contributed by atoms with E-state index >= 15 is 0 Å². The molecule has 1 aromatic heterocycles. The topological polar surface area (TPSA) is 66.0 Å². The molecule has 7 heteroatoms. The number of carbonyl (C=O) groups is 2. The number of amides is 1. The van der Waals surface area contributed by atoms with Gasteiger partial charge < -0.3 is 14.5 Å². The summed E-state index contributed by atoms with van der Waals surface area (Å²) in [5.41, 5.74) is 1.81. The summed E-state index contributed by atoms with van der Waals surface area (Å²) in [5.74, 6) is -0.542. The van der Waals surface area contributed by atoms with E-state index < -0.39 is 0 Å². The second kappa shape index (κ2) is 9.92. The van der Waals surface area contributed by atoms with E-state index in [0.717, 1.165) is 44.7 Å². The van der Waals surface area contributed by atoms with Crippen LogP contribution in [0.2, 0.25) is 0 Å². The maximum atomic E-state index is 13.4. The van der Waals surface area contributed by atoms with Crippen molar-refractivity contribution >= 4 is 17.6 Å². The van der Waals surface area contributed by atoms with E-state index in [1.54, 1.807) is 12.4 Å². The molecule has 0 spiro atoms. The summed E-state index contributed by atoms with van der Waals surface area (Å²) >= 11 is 0. The van der Waals surface area contributed by atoms with Gasteiger partial charge in [-0.2, -0.15) is 0 Å². The number of likely N-dealkylation sites (tertiary alicyclic amines) is 1. The van der Waals surface area contributed by atoms with Crippen LogP contribution in [0.3, 0.4) is 0 Å². The van der Waals surface area contributed by atoms with Crippen LogP contribution in [-0.4, -0.2) is 72.2 Å². The van der Waals surface area contributed by atoms with Crippen LogP contribution in [0.15, 0.2) is 54.9 Å². The summed E-state index contributed by atoms with van der Waals surface area (Å²) in [4.78, 5) is 36.8. The molecule has 2 aliphatic rings. The number of carbonyl (C=O) groups excluding carboxylic acids is 2. The van der Waals surface area contributed by atoms with Crippen LogP contribution in [0.5, 0.6) is 0 Å². The van der Waals surface area contributed by atoms with E-state index in [1.807, 2.05) is 54.3 Å². The summed E-state index contributed by atoms with van der Waals surface area (Å²) < 4.78 is 5.41. The van der Waals surface area contributed by atoms with Gasteiger partial charge >= 0.3 is 5.97 Å². The van der Waals surface area contributed by atoms with E-state index in [1.165, 1.54) is 0 Å². The largest absolute Gasteiger partial charge is 0.466 e. The number of esters is 1. The molecule has 0 radical (unpaired) electrons. The first kappa shape index (κ1) is 21.3. The highest BCUT2D eigenvalue weighted by atomic mass is 16.5. The third-order valence-corrected chi connectivity index (χ3v) is 6.18. The van der Waals surface area contributed by atoms with Crippen LogP contribution in [0.4, 0.5) is 5.69 Å². The normalized spacial score (nSPS) is 22.2. The Hall–Kier alpha value is -2.93. The van der Waals surface area contributed by atoms with E-state index in [-0.39, 0.29) is 24.0 Å². The van der Waals surface area contributed by atoms with Gasteiger partial charge in [0.1, 0.15) is 0 Å². The summed E-state index contributed by atoms with van der Waals surface area (Å²) in [6, 6.07) is 13.4. The van der Waals surface area contributed by atoms with Gasteiger partial charge in [-0.25, -0.2) is 0 Å². The predicted octanol–water partition coefficient (Wildman–Crippen LogP) is 2.65. The lowest BCUT2D eigenvalue weighted by Crippen LogP contribution is -2.63. The second-order valence-electron chi connectivity index (χ2n) is 8.01. The summed E-state index contributed by atoms with van der Waals surface area (Å²) in [6.45, 7) is 6.06. The number of piperidine rings is 1. The number of hydrogen-bond donors (Lipinski definition) is 0. The molecule has 164 valence electrons. The van der Waals surface area contributed by atoms with Gasteiger partial charge in [-0.3, -0.25) is 19.5 Å². The van der Waals surface area contributed by atoms with Crippen LogP contribution in [0, 0.1) is 5.92 Å². The lowest BCUT2D eigenvalue weighted by atomic mass is 9.91. The third-order valence-electron chi connectivity index (χ3n) is 6.18. The van der Waals surface area contributed by atoms with Crippen molar-refractivity contribution in [2.75, 3.05) is 44.2 Å². The van der Waals surface area contributed by atoms with E-state index in [0.29, 0.717) is 18.7 Å². The smallest absolute Gasteiger partial charge is 0.312 e. The van der Waals surface area contributed by atoms with Crippen molar-refractivity contribution in [3.63, 3.8) is 0 Å². The predicted molar refractivity (Wildman–Crippen MR) is 119 cm³/mol. The molecule has 4 rings (SSSR count). The zero-order chi connectivity index (χ0) is 21.6. The average molecular weight is 423 g/mol. The Labute approximate surface area is 183 Å².